The third-order valence-corrected chi connectivity index (χ3v) is 4.24. The summed E-state index contributed by atoms with van der Waals surface area (Å²) in [5, 5.41) is 13.8. The minimum atomic E-state index is -1.07. The molecule has 0 spiro atoms. The van der Waals surface area contributed by atoms with Crippen molar-refractivity contribution in [3.8, 4) is 0 Å². The summed E-state index contributed by atoms with van der Waals surface area (Å²) in [6.45, 7) is 7.38. The molecule has 0 aliphatic carbocycles. The van der Waals surface area contributed by atoms with Gasteiger partial charge in [0.15, 0.2) is 5.82 Å². The van der Waals surface area contributed by atoms with Crippen LogP contribution < -0.4 is 4.90 Å². The van der Waals surface area contributed by atoms with Gasteiger partial charge < -0.3 is 9.84 Å². The predicted octanol–water partition coefficient (Wildman–Crippen LogP) is 2.88. The fraction of sp³-hybridized carbons (Fsp3) is 0.643. The molecule has 1 aromatic heterocycles. The van der Waals surface area contributed by atoms with E-state index in [1.165, 1.54) is 9.58 Å². The van der Waals surface area contributed by atoms with E-state index >= 15 is 0 Å². The highest BCUT2D eigenvalue weighted by Gasteiger charge is 2.47. The zero-order valence-corrected chi connectivity index (χ0v) is 14.7. The van der Waals surface area contributed by atoms with E-state index in [4.69, 9.17) is 4.74 Å². The molecule has 122 valence electrons. The molecule has 0 bridgehead atoms. The average Bonchev–Trinajstić information content (AvgIpc) is 2.77. The zero-order valence-electron chi connectivity index (χ0n) is 13.1. The smallest absolute Gasteiger partial charge is 0.416 e. The number of nitrogens with zero attached hydrogens (tertiary/aromatic N) is 3. The molecule has 1 aromatic rings. The van der Waals surface area contributed by atoms with Crippen molar-refractivity contribution in [1.29, 1.82) is 0 Å². The lowest BCUT2D eigenvalue weighted by molar-refractivity contribution is -0.150. The van der Waals surface area contributed by atoms with E-state index in [9.17, 15) is 14.7 Å². The molecule has 1 aliphatic heterocycles. The first-order chi connectivity index (χ1) is 10.1. The number of carboxylic acid groups (broad SMARTS) is 1. The summed E-state index contributed by atoms with van der Waals surface area (Å²) in [7, 11) is 0. The second-order valence-corrected chi connectivity index (χ2v) is 7.33. The van der Waals surface area contributed by atoms with Crippen molar-refractivity contribution in [3.05, 3.63) is 10.7 Å². The van der Waals surface area contributed by atoms with Crippen LogP contribution in [0.2, 0.25) is 0 Å². The molecule has 8 heteroatoms. The summed E-state index contributed by atoms with van der Waals surface area (Å²) >= 11 is 3.36. The van der Waals surface area contributed by atoms with Crippen LogP contribution in [0.15, 0.2) is 10.7 Å². The number of carbonyl (C=O) groups excluding carboxylic acids is 1. The number of hydrogen-bond acceptors (Lipinski definition) is 4. The maximum atomic E-state index is 12.5. The van der Waals surface area contributed by atoms with Crippen molar-refractivity contribution in [1.82, 2.24) is 9.78 Å². The first kappa shape index (κ1) is 16.8. The van der Waals surface area contributed by atoms with E-state index < -0.39 is 23.1 Å². The lowest BCUT2D eigenvalue weighted by Crippen LogP contribution is -2.53. The Kier molecular flexibility index (Phi) is 4.25. The van der Waals surface area contributed by atoms with E-state index in [0.717, 1.165) is 0 Å². The van der Waals surface area contributed by atoms with Gasteiger partial charge in [-0.2, -0.15) is 5.10 Å². The highest BCUT2D eigenvalue weighted by Crippen LogP contribution is 2.39. The molecule has 1 atom stereocenters. The molecule has 22 heavy (non-hydrogen) atoms. The van der Waals surface area contributed by atoms with E-state index in [2.05, 4.69) is 21.0 Å². The summed E-state index contributed by atoms with van der Waals surface area (Å²) < 4.78 is 7.58. The SMILES string of the molecule is CCC1(C(=O)O)CN(C(=O)OC(C)(C)C)c2c(Br)cnn2C1. The van der Waals surface area contributed by atoms with Gasteiger partial charge in [-0.1, -0.05) is 6.92 Å². The number of aliphatic carboxylic acids is 1. The van der Waals surface area contributed by atoms with Gasteiger partial charge in [0.05, 0.1) is 17.2 Å². The summed E-state index contributed by atoms with van der Waals surface area (Å²) in [6.07, 6.45) is 1.37. The van der Waals surface area contributed by atoms with Crippen LogP contribution in [-0.4, -0.2) is 39.1 Å². The Hall–Kier alpha value is -1.57. The Balaban J connectivity index is 2.45. The third-order valence-electron chi connectivity index (χ3n) is 3.68. The second-order valence-electron chi connectivity index (χ2n) is 6.48. The summed E-state index contributed by atoms with van der Waals surface area (Å²) in [6, 6.07) is 0. The van der Waals surface area contributed by atoms with Gasteiger partial charge in [0.25, 0.3) is 0 Å². The molecule has 1 N–H and O–H groups in total. The number of halogens is 1. The van der Waals surface area contributed by atoms with Gasteiger partial charge in [0.1, 0.15) is 11.0 Å². The van der Waals surface area contributed by atoms with Crippen LogP contribution in [-0.2, 0) is 16.1 Å². The summed E-state index contributed by atoms with van der Waals surface area (Å²) in [4.78, 5) is 25.6. The normalized spacial score (nSPS) is 21.4. The molecule has 1 unspecified atom stereocenters. The van der Waals surface area contributed by atoms with E-state index in [-0.39, 0.29) is 13.1 Å². The van der Waals surface area contributed by atoms with Crippen molar-refractivity contribution in [3.63, 3.8) is 0 Å². The number of aromatic nitrogens is 2. The summed E-state index contributed by atoms with van der Waals surface area (Å²) in [5.74, 6) is -0.416. The molecule has 2 rings (SSSR count). The van der Waals surface area contributed by atoms with Gasteiger partial charge in [0, 0.05) is 6.54 Å². The second kappa shape index (κ2) is 5.57. The highest BCUT2D eigenvalue weighted by molar-refractivity contribution is 9.10. The molecule has 7 nitrogen and oxygen atoms in total. The van der Waals surface area contributed by atoms with Gasteiger partial charge in [-0.3, -0.25) is 9.69 Å². The zero-order chi connectivity index (χ0) is 16.7. The molecular formula is C14H20BrN3O4. The maximum absolute atomic E-state index is 12.5. The van der Waals surface area contributed by atoms with Crippen LogP contribution in [0, 0.1) is 5.41 Å². The monoisotopic (exact) mass is 373 g/mol. The predicted molar refractivity (Wildman–Crippen MR) is 83.9 cm³/mol. The van der Waals surface area contributed by atoms with E-state index in [1.807, 2.05) is 0 Å². The van der Waals surface area contributed by atoms with Gasteiger partial charge in [-0.15, -0.1) is 0 Å². The van der Waals surface area contributed by atoms with Crippen LogP contribution in [0.3, 0.4) is 0 Å². The molecule has 0 radical (unpaired) electrons. The number of fused-ring (bicyclic) bond motifs is 1. The Morgan fingerprint density at radius 2 is 2.09 bits per heavy atom. The third kappa shape index (κ3) is 2.97. The number of carbonyl (C=O) groups is 2. The number of rotatable bonds is 2. The number of amides is 1. The first-order valence-electron chi connectivity index (χ1n) is 7.05. The maximum Gasteiger partial charge on any atom is 0.416 e. The molecule has 0 saturated carbocycles. The van der Waals surface area contributed by atoms with Gasteiger partial charge in [-0.05, 0) is 43.1 Å². The highest BCUT2D eigenvalue weighted by atomic mass is 79.9. The van der Waals surface area contributed by atoms with Crippen LogP contribution in [0.25, 0.3) is 0 Å². The molecule has 0 saturated heterocycles. The summed E-state index contributed by atoms with van der Waals surface area (Å²) in [5.41, 5.74) is -1.74. The fourth-order valence-electron chi connectivity index (χ4n) is 2.43. The minimum absolute atomic E-state index is 0.0536. The topological polar surface area (TPSA) is 84.7 Å². The van der Waals surface area contributed by atoms with Crippen molar-refractivity contribution in [2.75, 3.05) is 11.4 Å². The van der Waals surface area contributed by atoms with Crippen molar-refractivity contribution in [2.24, 2.45) is 5.41 Å². The lowest BCUT2D eigenvalue weighted by Gasteiger charge is -2.39. The lowest BCUT2D eigenvalue weighted by atomic mass is 9.83. The Morgan fingerprint density at radius 3 is 2.59 bits per heavy atom. The van der Waals surface area contributed by atoms with Crippen LogP contribution in [0.4, 0.5) is 10.6 Å². The molecular weight excluding hydrogens is 354 g/mol. The number of anilines is 1. The minimum Gasteiger partial charge on any atom is -0.481 e. The van der Waals surface area contributed by atoms with E-state index in [1.54, 1.807) is 33.9 Å². The first-order valence-corrected chi connectivity index (χ1v) is 7.84. The van der Waals surface area contributed by atoms with Crippen molar-refractivity contribution in [2.45, 2.75) is 46.3 Å². The Morgan fingerprint density at radius 1 is 1.45 bits per heavy atom. The van der Waals surface area contributed by atoms with Gasteiger partial charge in [0.2, 0.25) is 0 Å². The molecule has 2 heterocycles. The van der Waals surface area contributed by atoms with Gasteiger partial charge in [-0.25, -0.2) is 9.48 Å². The van der Waals surface area contributed by atoms with Crippen LogP contribution >= 0.6 is 15.9 Å². The van der Waals surface area contributed by atoms with E-state index in [0.29, 0.717) is 16.7 Å². The Bertz CT molecular complexity index is 608. The number of hydrogen-bond donors (Lipinski definition) is 1. The number of ether oxygens (including phenoxy) is 1. The largest absolute Gasteiger partial charge is 0.481 e. The van der Waals surface area contributed by atoms with Crippen molar-refractivity contribution < 1.29 is 19.4 Å². The molecule has 0 fully saturated rings. The quantitative estimate of drug-likeness (QED) is 0.861. The van der Waals surface area contributed by atoms with Crippen LogP contribution in [0.5, 0.6) is 0 Å². The molecule has 1 amide bonds. The average molecular weight is 374 g/mol. The van der Waals surface area contributed by atoms with Gasteiger partial charge >= 0.3 is 12.1 Å². The molecule has 1 aliphatic rings. The Labute approximate surface area is 137 Å². The van der Waals surface area contributed by atoms with Crippen molar-refractivity contribution >= 4 is 33.8 Å². The van der Waals surface area contributed by atoms with Crippen LogP contribution in [0.1, 0.15) is 34.1 Å². The standard InChI is InChI=1S/C14H20BrN3O4/c1-5-14(11(19)20)7-17(12(21)22-13(2,3)4)10-9(15)6-16-18(10)8-14/h6H,5,7-8H2,1-4H3,(H,19,20). The molecule has 0 aromatic carbocycles. The fourth-order valence-corrected chi connectivity index (χ4v) is 2.94. The number of carboxylic acids is 1.